The number of amides is 3. The summed E-state index contributed by atoms with van der Waals surface area (Å²) in [7, 11) is 0. The van der Waals surface area contributed by atoms with Crippen molar-refractivity contribution in [2.75, 3.05) is 6.54 Å². The van der Waals surface area contributed by atoms with Gasteiger partial charge in [0.05, 0.1) is 0 Å². The standard InChI is InChI=1S/C28H39N3O5/c1-7-17-31(24(25(33)29-19(2)3)21-15-11-12-16-23(21)32)26(34)22(18-20-13-9-8-10-14-20)30-27(35)36-28(4,5)6/h8-16,19,22,24,32H,7,17-18H2,1-6H3,(H,29,33)(H,30,35). The van der Waals surface area contributed by atoms with Crippen molar-refractivity contribution < 1.29 is 24.2 Å². The minimum atomic E-state index is -1.08. The van der Waals surface area contributed by atoms with E-state index >= 15 is 0 Å². The Morgan fingerprint density at radius 1 is 0.972 bits per heavy atom. The van der Waals surface area contributed by atoms with Crippen LogP contribution in [0.25, 0.3) is 0 Å². The molecule has 196 valence electrons. The molecule has 2 unspecified atom stereocenters. The van der Waals surface area contributed by atoms with E-state index in [1.807, 2.05) is 51.1 Å². The van der Waals surface area contributed by atoms with Gasteiger partial charge in [0.2, 0.25) is 11.8 Å². The Bertz CT molecular complexity index is 1020. The van der Waals surface area contributed by atoms with Crippen LogP contribution in [0.15, 0.2) is 54.6 Å². The first-order valence-electron chi connectivity index (χ1n) is 12.3. The lowest BCUT2D eigenvalue weighted by Gasteiger charge is -2.35. The molecule has 0 aliphatic carbocycles. The van der Waals surface area contributed by atoms with E-state index in [1.54, 1.807) is 39.0 Å². The van der Waals surface area contributed by atoms with Gasteiger partial charge in [0.25, 0.3) is 0 Å². The van der Waals surface area contributed by atoms with Gasteiger partial charge < -0.3 is 25.4 Å². The number of carbonyl (C=O) groups is 3. The third-order valence-electron chi connectivity index (χ3n) is 5.24. The number of hydrogen-bond donors (Lipinski definition) is 3. The highest BCUT2D eigenvalue weighted by atomic mass is 16.6. The minimum absolute atomic E-state index is 0.0879. The fraction of sp³-hybridized carbons (Fsp3) is 0.464. The molecule has 8 nitrogen and oxygen atoms in total. The summed E-state index contributed by atoms with van der Waals surface area (Å²) in [5, 5.41) is 16.2. The Hall–Kier alpha value is -3.55. The van der Waals surface area contributed by atoms with Gasteiger partial charge in [-0.2, -0.15) is 0 Å². The van der Waals surface area contributed by atoms with Crippen LogP contribution in [0.1, 0.15) is 65.1 Å². The summed E-state index contributed by atoms with van der Waals surface area (Å²) in [5.41, 5.74) is 0.408. The van der Waals surface area contributed by atoms with Crippen molar-refractivity contribution in [1.82, 2.24) is 15.5 Å². The van der Waals surface area contributed by atoms with Crippen LogP contribution in [0.5, 0.6) is 5.75 Å². The molecule has 0 fully saturated rings. The van der Waals surface area contributed by atoms with Crippen LogP contribution in [-0.2, 0) is 20.7 Å². The third-order valence-corrected chi connectivity index (χ3v) is 5.24. The van der Waals surface area contributed by atoms with Crippen molar-refractivity contribution in [1.29, 1.82) is 0 Å². The van der Waals surface area contributed by atoms with E-state index in [0.29, 0.717) is 12.0 Å². The van der Waals surface area contributed by atoms with E-state index in [1.165, 1.54) is 11.0 Å². The highest BCUT2D eigenvalue weighted by Crippen LogP contribution is 2.30. The van der Waals surface area contributed by atoms with E-state index in [2.05, 4.69) is 10.6 Å². The van der Waals surface area contributed by atoms with E-state index in [0.717, 1.165) is 5.56 Å². The number of para-hydroxylation sites is 1. The summed E-state index contributed by atoms with van der Waals surface area (Å²) in [6.45, 7) is 11.0. The molecule has 0 radical (unpaired) electrons. The molecule has 0 spiro atoms. The summed E-state index contributed by atoms with van der Waals surface area (Å²) >= 11 is 0. The van der Waals surface area contributed by atoms with Gasteiger partial charge in [-0.25, -0.2) is 4.79 Å². The van der Waals surface area contributed by atoms with Gasteiger partial charge in [-0.15, -0.1) is 0 Å². The van der Waals surface area contributed by atoms with Crippen LogP contribution in [0.3, 0.4) is 0 Å². The molecule has 0 saturated heterocycles. The monoisotopic (exact) mass is 497 g/mol. The van der Waals surface area contributed by atoms with Crippen LogP contribution in [0.2, 0.25) is 0 Å². The van der Waals surface area contributed by atoms with Gasteiger partial charge in [0, 0.05) is 24.6 Å². The van der Waals surface area contributed by atoms with Gasteiger partial charge in [-0.05, 0) is 52.7 Å². The Morgan fingerprint density at radius 3 is 2.14 bits per heavy atom. The minimum Gasteiger partial charge on any atom is -0.508 e. The number of rotatable bonds is 10. The van der Waals surface area contributed by atoms with Crippen molar-refractivity contribution in [3.8, 4) is 5.75 Å². The van der Waals surface area contributed by atoms with E-state index < -0.39 is 35.6 Å². The first-order chi connectivity index (χ1) is 16.9. The fourth-order valence-electron chi connectivity index (χ4n) is 3.84. The second-order valence-corrected chi connectivity index (χ2v) is 10.0. The van der Waals surface area contributed by atoms with Gasteiger partial charge in [0.15, 0.2) is 0 Å². The number of phenols is 1. The number of hydrogen-bond acceptors (Lipinski definition) is 5. The quantitative estimate of drug-likeness (QED) is 0.453. The normalized spacial score (nSPS) is 13.0. The number of carbonyl (C=O) groups excluding carboxylic acids is 3. The second-order valence-electron chi connectivity index (χ2n) is 10.0. The summed E-state index contributed by atoms with van der Waals surface area (Å²) in [4.78, 5) is 41.6. The molecule has 0 saturated carbocycles. The molecular weight excluding hydrogens is 458 g/mol. The smallest absolute Gasteiger partial charge is 0.408 e. The Kier molecular flexibility index (Phi) is 10.3. The summed E-state index contributed by atoms with van der Waals surface area (Å²) in [5.74, 6) is -0.947. The SMILES string of the molecule is CCCN(C(=O)C(Cc1ccccc1)NC(=O)OC(C)(C)C)C(C(=O)NC(C)C)c1ccccc1O. The Labute approximate surface area is 214 Å². The van der Waals surface area contributed by atoms with Crippen molar-refractivity contribution >= 4 is 17.9 Å². The molecule has 8 heteroatoms. The molecule has 3 N–H and O–H groups in total. The lowest BCUT2D eigenvalue weighted by molar-refractivity contribution is -0.142. The van der Waals surface area contributed by atoms with Crippen LogP contribution in [0, 0.1) is 0 Å². The molecule has 0 aliphatic heterocycles. The predicted molar refractivity (Wildman–Crippen MR) is 139 cm³/mol. The summed E-state index contributed by atoms with van der Waals surface area (Å²) < 4.78 is 5.42. The number of nitrogens with zero attached hydrogens (tertiary/aromatic N) is 1. The molecule has 0 bridgehead atoms. The van der Waals surface area contributed by atoms with Crippen LogP contribution in [0.4, 0.5) is 4.79 Å². The molecule has 0 aromatic heterocycles. The zero-order valence-electron chi connectivity index (χ0n) is 22.1. The van der Waals surface area contributed by atoms with E-state index in [4.69, 9.17) is 4.74 Å². The van der Waals surface area contributed by atoms with E-state index in [-0.39, 0.29) is 24.8 Å². The zero-order chi connectivity index (χ0) is 26.9. The maximum atomic E-state index is 14.0. The largest absolute Gasteiger partial charge is 0.508 e. The van der Waals surface area contributed by atoms with Crippen molar-refractivity contribution in [3.63, 3.8) is 0 Å². The Morgan fingerprint density at radius 2 is 1.58 bits per heavy atom. The van der Waals surface area contributed by atoms with E-state index in [9.17, 15) is 19.5 Å². The molecule has 3 amide bonds. The topological polar surface area (TPSA) is 108 Å². The second kappa shape index (κ2) is 13.0. The lowest BCUT2D eigenvalue weighted by Crippen LogP contribution is -2.54. The number of ether oxygens (including phenoxy) is 1. The maximum Gasteiger partial charge on any atom is 0.408 e. The third kappa shape index (κ3) is 8.59. The summed E-state index contributed by atoms with van der Waals surface area (Å²) in [6.07, 6.45) is 0.0484. The number of alkyl carbamates (subject to hydrolysis) is 1. The van der Waals surface area contributed by atoms with Gasteiger partial charge >= 0.3 is 6.09 Å². The number of phenolic OH excluding ortho intramolecular Hbond substituents is 1. The fourth-order valence-corrected chi connectivity index (χ4v) is 3.84. The van der Waals surface area contributed by atoms with Crippen molar-refractivity contribution in [3.05, 3.63) is 65.7 Å². The Balaban J connectivity index is 2.51. The molecular formula is C28H39N3O5. The van der Waals surface area contributed by atoms with Crippen LogP contribution < -0.4 is 10.6 Å². The van der Waals surface area contributed by atoms with Crippen molar-refractivity contribution in [2.24, 2.45) is 0 Å². The lowest BCUT2D eigenvalue weighted by atomic mass is 9.99. The molecule has 36 heavy (non-hydrogen) atoms. The molecule has 0 aliphatic rings. The summed E-state index contributed by atoms with van der Waals surface area (Å²) in [6, 6.07) is 13.5. The van der Waals surface area contributed by atoms with Crippen molar-refractivity contribution in [2.45, 2.75) is 78.1 Å². The maximum absolute atomic E-state index is 14.0. The van der Waals surface area contributed by atoms with Crippen LogP contribution >= 0.6 is 0 Å². The molecule has 2 aromatic carbocycles. The molecule has 2 rings (SSSR count). The average molecular weight is 498 g/mol. The van der Waals surface area contributed by atoms with Gasteiger partial charge in [-0.1, -0.05) is 55.5 Å². The highest BCUT2D eigenvalue weighted by molar-refractivity contribution is 5.92. The highest BCUT2D eigenvalue weighted by Gasteiger charge is 2.37. The zero-order valence-corrected chi connectivity index (χ0v) is 22.1. The predicted octanol–water partition coefficient (Wildman–Crippen LogP) is 4.33. The first-order valence-corrected chi connectivity index (χ1v) is 12.3. The number of aromatic hydroxyl groups is 1. The number of benzene rings is 2. The number of nitrogens with one attached hydrogen (secondary N) is 2. The first kappa shape index (κ1) is 28.7. The average Bonchev–Trinajstić information content (AvgIpc) is 2.78. The molecule has 0 heterocycles. The molecule has 2 aromatic rings. The van der Waals surface area contributed by atoms with Gasteiger partial charge in [0.1, 0.15) is 23.4 Å². The van der Waals surface area contributed by atoms with Gasteiger partial charge in [-0.3, -0.25) is 9.59 Å². The molecule has 2 atom stereocenters. The van der Waals surface area contributed by atoms with Crippen LogP contribution in [-0.4, -0.2) is 52.1 Å².